The Morgan fingerprint density at radius 3 is 2.58 bits per heavy atom. The molecule has 0 bridgehead atoms. The lowest BCUT2D eigenvalue weighted by Gasteiger charge is -2.15. The molecule has 0 radical (unpaired) electrons. The molecule has 3 aromatic rings. The lowest BCUT2D eigenvalue weighted by Crippen LogP contribution is -2.31. The van der Waals surface area contributed by atoms with Crippen LogP contribution in [0.15, 0.2) is 65.1 Å². The average Bonchev–Trinajstić information content (AvgIpc) is 2.66. The van der Waals surface area contributed by atoms with Crippen molar-refractivity contribution in [3.8, 4) is 5.75 Å². The van der Waals surface area contributed by atoms with Crippen molar-refractivity contribution >= 4 is 38.9 Å². The summed E-state index contributed by atoms with van der Waals surface area (Å²) in [7, 11) is 0. The maximum Gasteiger partial charge on any atom is 0.258 e. The lowest BCUT2D eigenvalue weighted by atomic mass is 10.0. The number of nitrogens with one attached hydrogen (secondary N) is 1. The minimum Gasteiger partial charge on any atom is -0.483 e. The fourth-order valence-corrected chi connectivity index (χ4v) is 3.05. The minimum atomic E-state index is -0.245. The number of carbonyl (C=O) groups is 2. The van der Waals surface area contributed by atoms with Gasteiger partial charge in [0.2, 0.25) is 0 Å². The number of halogens is 1. The molecule has 0 aromatic heterocycles. The van der Waals surface area contributed by atoms with Crippen LogP contribution in [-0.2, 0) is 4.79 Å². The predicted octanol–water partition coefficient (Wildman–Crippen LogP) is 4.67. The van der Waals surface area contributed by atoms with Gasteiger partial charge in [0, 0.05) is 4.47 Å². The zero-order valence-corrected chi connectivity index (χ0v) is 15.8. The van der Waals surface area contributed by atoms with Gasteiger partial charge in [-0.25, -0.2) is 0 Å². The molecule has 26 heavy (non-hydrogen) atoms. The fourth-order valence-electron chi connectivity index (χ4n) is 2.78. The normalized spacial score (nSPS) is 11.8. The number of ether oxygens (including phenoxy) is 1. The molecule has 3 rings (SSSR count). The second kappa shape index (κ2) is 8.15. The Bertz CT molecular complexity index is 938. The van der Waals surface area contributed by atoms with Crippen molar-refractivity contribution in [2.24, 2.45) is 0 Å². The van der Waals surface area contributed by atoms with Crippen molar-refractivity contribution < 1.29 is 14.3 Å². The van der Waals surface area contributed by atoms with Crippen LogP contribution in [0.2, 0.25) is 0 Å². The van der Waals surface area contributed by atoms with Crippen LogP contribution in [0.4, 0.5) is 0 Å². The van der Waals surface area contributed by atoms with E-state index in [1.807, 2.05) is 61.5 Å². The topological polar surface area (TPSA) is 55.4 Å². The molecule has 5 heteroatoms. The van der Waals surface area contributed by atoms with E-state index in [-0.39, 0.29) is 18.6 Å². The zero-order chi connectivity index (χ0) is 18.5. The monoisotopic (exact) mass is 411 g/mol. The van der Waals surface area contributed by atoms with E-state index < -0.39 is 0 Å². The summed E-state index contributed by atoms with van der Waals surface area (Å²) in [4.78, 5) is 23.7. The number of rotatable bonds is 6. The number of aldehydes is 1. The number of hydrogen-bond donors (Lipinski definition) is 1. The van der Waals surface area contributed by atoms with Gasteiger partial charge in [0.1, 0.15) is 5.75 Å². The maximum absolute atomic E-state index is 12.2. The van der Waals surface area contributed by atoms with Gasteiger partial charge in [-0.1, -0.05) is 58.4 Å². The second-order valence-corrected chi connectivity index (χ2v) is 6.86. The average molecular weight is 412 g/mol. The molecule has 4 nitrogen and oxygen atoms in total. The number of amides is 1. The van der Waals surface area contributed by atoms with E-state index in [0.29, 0.717) is 11.3 Å². The van der Waals surface area contributed by atoms with E-state index in [1.165, 1.54) is 0 Å². The second-order valence-electron chi connectivity index (χ2n) is 5.95. The van der Waals surface area contributed by atoms with Gasteiger partial charge in [0.05, 0.1) is 11.6 Å². The quantitative estimate of drug-likeness (QED) is 0.599. The Kier molecular flexibility index (Phi) is 5.68. The van der Waals surface area contributed by atoms with E-state index in [9.17, 15) is 9.59 Å². The highest BCUT2D eigenvalue weighted by atomic mass is 79.9. The predicted molar refractivity (Wildman–Crippen MR) is 106 cm³/mol. The molecule has 1 atom stereocenters. The van der Waals surface area contributed by atoms with Gasteiger partial charge in [0.15, 0.2) is 12.9 Å². The molecule has 0 heterocycles. The van der Waals surface area contributed by atoms with Crippen molar-refractivity contribution in [3.63, 3.8) is 0 Å². The highest BCUT2D eigenvalue weighted by Crippen LogP contribution is 2.26. The van der Waals surface area contributed by atoms with Gasteiger partial charge in [-0.15, -0.1) is 0 Å². The summed E-state index contributed by atoms with van der Waals surface area (Å²) < 4.78 is 6.59. The number of hydrogen-bond acceptors (Lipinski definition) is 3. The zero-order valence-electron chi connectivity index (χ0n) is 14.2. The van der Waals surface area contributed by atoms with E-state index >= 15 is 0 Å². The molecule has 0 aliphatic heterocycles. The molecule has 0 aliphatic carbocycles. The van der Waals surface area contributed by atoms with Gasteiger partial charge in [-0.05, 0) is 41.5 Å². The van der Waals surface area contributed by atoms with E-state index in [0.717, 1.165) is 27.1 Å². The molecule has 0 aliphatic rings. The highest BCUT2D eigenvalue weighted by molar-refractivity contribution is 9.10. The first kappa shape index (κ1) is 18.1. The van der Waals surface area contributed by atoms with Crippen molar-refractivity contribution in [1.29, 1.82) is 0 Å². The molecule has 132 valence electrons. The third-order valence-corrected chi connectivity index (χ3v) is 4.68. The van der Waals surface area contributed by atoms with Crippen LogP contribution in [0.3, 0.4) is 0 Å². The largest absolute Gasteiger partial charge is 0.483 e. The SMILES string of the molecule is C[C@H](NC(=O)COc1ccc2ccccc2c1C=O)c1ccc(Br)cc1. The minimum absolute atomic E-state index is 0.138. The summed E-state index contributed by atoms with van der Waals surface area (Å²) in [5.74, 6) is 0.163. The van der Waals surface area contributed by atoms with Crippen molar-refractivity contribution in [1.82, 2.24) is 5.32 Å². The summed E-state index contributed by atoms with van der Waals surface area (Å²) in [6, 6.07) is 18.8. The van der Waals surface area contributed by atoms with Crippen LogP contribution in [0.5, 0.6) is 5.75 Å². The summed E-state index contributed by atoms with van der Waals surface area (Å²) in [5.41, 5.74) is 1.46. The summed E-state index contributed by atoms with van der Waals surface area (Å²) in [6.07, 6.45) is 0.764. The van der Waals surface area contributed by atoms with Crippen LogP contribution < -0.4 is 10.1 Å². The van der Waals surface area contributed by atoms with Crippen molar-refractivity contribution in [2.75, 3.05) is 6.61 Å². The molecule has 0 unspecified atom stereocenters. The van der Waals surface area contributed by atoms with Gasteiger partial charge < -0.3 is 10.1 Å². The van der Waals surface area contributed by atoms with Crippen molar-refractivity contribution in [3.05, 3.63) is 76.3 Å². The lowest BCUT2D eigenvalue weighted by molar-refractivity contribution is -0.123. The van der Waals surface area contributed by atoms with Gasteiger partial charge in [-0.2, -0.15) is 0 Å². The first-order valence-electron chi connectivity index (χ1n) is 8.23. The summed E-state index contributed by atoms with van der Waals surface area (Å²) in [6.45, 7) is 1.76. The third kappa shape index (κ3) is 4.11. The van der Waals surface area contributed by atoms with E-state index in [1.54, 1.807) is 6.07 Å². The fraction of sp³-hybridized carbons (Fsp3) is 0.143. The van der Waals surface area contributed by atoms with Crippen molar-refractivity contribution in [2.45, 2.75) is 13.0 Å². The Balaban J connectivity index is 1.67. The first-order valence-corrected chi connectivity index (χ1v) is 9.02. The van der Waals surface area contributed by atoms with Crippen LogP contribution in [-0.4, -0.2) is 18.8 Å². The molecule has 1 amide bonds. The number of fused-ring (bicyclic) bond motifs is 1. The molecular formula is C21H18BrNO3. The number of carbonyl (C=O) groups excluding carboxylic acids is 2. The Labute approximate surface area is 160 Å². The Hall–Kier alpha value is -2.66. The highest BCUT2D eigenvalue weighted by Gasteiger charge is 2.12. The number of benzene rings is 3. The standard InChI is InChI=1S/C21H18BrNO3/c1-14(15-6-9-17(22)10-7-15)23-21(25)13-26-20-11-8-16-4-2-3-5-18(16)19(20)12-24/h2-12,14H,13H2,1H3,(H,23,25)/t14-/m0/s1. The Morgan fingerprint density at radius 2 is 1.85 bits per heavy atom. The van der Waals surface area contributed by atoms with Gasteiger partial charge >= 0.3 is 0 Å². The summed E-state index contributed by atoms with van der Waals surface area (Å²) >= 11 is 3.39. The van der Waals surface area contributed by atoms with Crippen LogP contribution in [0.25, 0.3) is 10.8 Å². The van der Waals surface area contributed by atoms with E-state index in [2.05, 4.69) is 21.2 Å². The third-order valence-electron chi connectivity index (χ3n) is 4.15. The molecule has 0 saturated heterocycles. The molecule has 1 N–H and O–H groups in total. The van der Waals surface area contributed by atoms with Crippen LogP contribution in [0.1, 0.15) is 28.9 Å². The van der Waals surface area contributed by atoms with E-state index in [4.69, 9.17) is 4.74 Å². The van der Waals surface area contributed by atoms with Gasteiger partial charge in [-0.3, -0.25) is 9.59 Å². The van der Waals surface area contributed by atoms with Gasteiger partial charge in [0.25, 0.3) is 5.91 Å². The summed E-state index contributed by atoms with van der Waals surface area (Å²) in [5, 5.41) is 4.66. The molecule has 3 aromatic carbocycles. The van der Waals surface area contributed by atoms with Crippen LogP contribution >= 0.6 is 15.9 Å². The maximum atomic E-state index is 12.2. The Morgan fingerprint density at radius 1 is 1.12 bits per heavy atom. The molecular weight excluding hydrogens is 394 g/mol. The first-order chi connectivity index (χ1) is 12.6. The molecule has 0 spiro atoms. The van der Waals surface area contributed by atoms with Crippen LogP contribution in [0, 0.1) is 0 Å². The molecule has 0 fully saturated rings. The smallest absolute Gasteiger partial charge is 0.258 e. The molecule has 0 saturated carbocycles.